The highest BCUT2D eigenvalue weighted by molar-refractivity contribution is 7.92. The molecule has 7 nitrogen and oxygen atoms in total. The number of aromatic nitrogens is 2. The van der Waals surface area contributed by atoms with Gasteiger partial charge in [0.15, 0.2) is 0 Å². The van der Waals surface area contributed by atoms with Gasteiger partial charge in [-0.2, -0.15) is 0 Å². The van der Waals surface area contributed by atoms with Gasteiger partial charge < -0.3 is 9.88 Å². The normalized spacial score (nSPS) is 14.2. The lowest BCUT2D eigenvalue weighted by molar-refractivity contribution is 0.597. The van der Waals surface area contributed by atoms with Crippen LogP contribution in [0.3, 0.4) is 0 Å². The van der Waals surface area contributed by atoms with Crippen LogP contribution < -0.4 is 15.6 Å². The van der Waals surface area contributed by atoms with Gasteiger partial charge in [-0.3, -0.25) is 9.52 Å². The van der Waals surface area contributed by atoms with E-state index in [4.69, 9.17) is 11.6 Å². The quantitative estimate of drug-likeness (QED) is 0.615. The van der Waals surface area contributed by atoms with Crippen LogP contribution in [0.2, 0.25) is 5.02 Å². The molecule has 1 aliphatic carbocycles. The van der Waals surface area contributed by atoms with Gasteiger partial charge in [0.05, 0.1) is 39.4 Å². The first-order valence-corrected chi connectivity index (χ1v) is 11.0. The summed E-state index contributed by atoms with van der Waals surface area (Å²) in [5.41, 5.74) is 0.688. The van der Waals surface area contributed by atoms with Crippen molar-refractivity contribution in [2.24, 2.45) is 13.0 Å². The largest absolute Gasteiger partial charge is 0.352 e. The molecule has 1 saturated carbocycles. The zero-order valence-corrected chi connectivity index (χ0v) is 17.0. The molecule has 2 N–H and O–H groups in total. The Morgan fingerprint density at radius 3 is 2.76 bits per heavy atom. The minimum absolute atomic E-state index is 0.0183. The lowest BCUT2D eigenvalue weighted by Gasteiger charge is -2.15. The van der Waals surface area contributed by atoms with E-state index in [1.807, 2.05) is 0 Å². The van der Waals surface area contributed by atoms with E-state index in [1.165, 1.54) is 17.0 Å². The first kappa shape index (κ1) is 19.7. The molecule has 0 aliphatic heterocycles. The fourth-order valence-corrected chi connectivity index (χ4v) is 4.83. The second kappa shape index (κ2) is 7.31. The standard InChI is InChI=1S/C19H18ClFN4O3S/c1-25-10-22-15-6-4-12(8-13(15)19(25)26)23-18-14(21)5-7-16(17(18)20)24-29(27,28)9-11-2-3-11/h4-8,10-11,23-24H,2-3,9H2,1H3. The van der Waals surface area contributed by atoms with Crippen molar-refractivity contribution in [2.45, 2.75) is 12.8 Å². The molecule has 0 spiro atoms. The summed E-state index contributed by atoms with van der Waals surface area (Å²) in [6.07, 6.45) is 3.20. The van der Waals surface area contributed by atoms with Crippen LogP contribution in [0.1, 0.15) is 12.8 Å². The highest BCUT2D eigenvalue weighted by atomic mass is 35.5. The van der Waals surface area contributed by atoms with Crippen LogP contribution in [0.5, 0.6) is 0 Å². The number of halogens is 2. The molecule has 1 fully saturated rings. The van der Waals surface area contributed by atoms with Crippen molar-refractivity contribution < 1.29 is 12.8 Å². The van der Waals surface area contributed by atoms with E-state index in [2.05, 4.69) is 15.0 Å². The monoisotopic (exact) mass is 436 g/mol. The number of aryl methyl sites for hydroxylation is 1. The highest BCUT2D eigenvalue weighted by Crippen LogP contribution is 2.36. The van der Waals surface area contributed by atoms with Gasteiger partial charge in [-0.25, -0.2) is 17.8 Å². The van der Waals surface area contributed by atoms with E-state index in [-0.39, 0.29) is 33.6 Å². The van der Waals surface area contributed by atoms with Crippen LogP contribution in [0.25, 0.3) is 10.9 Å². The Morgan fingerprint density at radius 2 is 2.03 bits per heavy atom. The Kier molecular flexibility index (Phi) is 4.95. The molecular formula is C19H18ClFN4O3S. The molecule has 3 aromatic rings. The maximum Gasteiger partial charge on any atom is 0.260 e. The van der Waals surface area contributed by atoms with Crippen molar-refractivity contribution in [1.29, 1.82) is 0 Å². The zero-order valence-electron chi connectivity index (χ0n) is 15.4. The fourth-order valence-electron chi connectivity index (χ4n) is 2.98. The van der Waals surface area contributed by atoms with E-state index < -0.39 is 15.8 Å². The van der Waals surface area contributed by atoms with E-state index in [0.29, 0.717) is 16.6 Å². The summed E-state index contributed by atoms with van der Waals surface area (Å²) in [5.74, 6) is -0.470. The van der Waals surface area contributed by atoms with Crippen LogP contribution in [0.15, 0.2) is 41.5 Å². The van der Waals surface area contributed by atoms with Crippen LogP contribution >= 0.6 is 11.6 Å². The Labute approximate surface area is 171 Å². The van der Waals surface area contributed by atoms with Crippen molar-refractivity contribution in [3.05, 3.63) is 57.9 Å². The van der Waals surface area contributed by atoms with Gasteiger partial charge in [-0.1, -0.05) is 11.6 Å². The summed E-state index contributed by atoms with van der Waals surface area (Å²) in [5, 5.41) is 3.11. The molecule has 4 rings (SSSR count). The molecule has 0 amide bonds. The minimum Gasteiger partial charge on any atom is -0.352 e. The molecule has 1 aromatic heterocycles. The summed E-state index contributed by atoms with van der Waals surface area (Å²) < 4.78 is 42.7. The third-order valence-corrected chi connectivity index (χ3v) is 6.53. The van der Waals surface area contributed by atoms with E-state index in [0.717, 1.165) is 18.9 Å². The fraction of sp³-hybridized carbons (Fsp3) is 0.263. The van der Waals surface area contributed by atoms with Gasteiger partial charge in [-0.15, -0.1) is 0 Å². The Morgan fingerprint density at radius 1 is 1.28 bits per heavy atom. The number of hydrogen-bond acceptors (Lipinski definition) is 5. The van der Waals surface area contributed by atoms with Gasteiger partial charge in [-0.05, 0) is 49.1 Å². The first-order valence-electron chi connectivity index (χ1n) is 8.94. The van der Waals surface area contributed by atoms with E-state index in [9.17, 15) is 17.6 Å². The van der Waals surface area contributed by atoms with Crippen LogP contribution in [-0.2, 0) is 17.1 Å². The Hall–Kier alpha value is -2.65. The van der Waals surface area contributed by atoms with E-state index >= 15 is 0 Å². The summed E-state index contributed by atoms with van der Waals surface area (Å²) in [6.45, 7) is 0. The molecule has 0 bridgehead atoms. The van der Waals surface area contributed by atoms with Crippen LogP contribution in [0.4, 0.5) is 21.5 Å². The molecule has 1 heterocycles. The summed E-state index contributed by atoms with van der Waals surface area (Å²) in [7, 11) is -1.99. The van der Waals surface area contributed by atoms with Gasteiger partial charge in [0.25, 0.3) is 5.56 Å². The molecule has 0 radical (unpaired) electrons. The maximum atomic E-state index is 14.4. The molecular weight excluding hydrogens is 419 g/mol. The van der Waals surface area contributed by atoms with Crippen molar-refractivity contribution in [2.75, 3.05) is 15.8 Å². The lowest BCUT2D eigenvalue weighted by Crippen LogP contribution is -2.18. The molecule has 152 valence electrons. The zero-order chi connectivity index (χ0) is 20.8. The van der Waals surface area contributed by atoms with Crippen LogP contribution in [0, 0.1) is 11.7 Å². The lowest BCUT2D eigenvalue weighted by atomic mass is 10.2. The molecule has 29 heavy (non-hydrogen) atoms. The summed E-state index contributed by atoms with van der Waals surface area (Å²) in [6, 6.07) is 7.23. The highest BCUT2D eigenvalue weighted by Gasteiger charge is 2.28. The second-order valence-electron chi connectivity index (χ2n) is 7.13. The molecule has 0 unspecified atom stereocenters. The smallest absolute Gasteiger partial charge is 0.260 e. The average Bonchev–Trinajstić information content (AvgIpc) is 3.47. The van der Waals surface area contributed by atoms with Gasteiger partial charge in [0.2, 0.25) is 10.0 Å². The van der Waals surface area contributed by atoms with E-state index in [1.54, 1.807) is 25.2 Å². The maximum absolute atomic E-state index is 14.4. The number of hydrogen-bond donors (Lipinski definition) is 2. The number of nitrogens with zero attached hydrogens (tertiary/aromatic N) is 2. The second-order valence-corrected chi connectivity index (χ2v) is 9.27. The van der Waals surface area contributed by atoms with Crippen LogP contribution in [-0.4, -0.2) is 23.7 Å². The first-order chi connectivity index (χ1) is 13.7. The number of anilines is 3. The Bertz CT molecular complexity index is 1270. The number of benzene rings is 2. The van der Waals surface area contributed by atoms with Gasteiger partial charge in [0.1, 0.15) is 5.82 Å². The summed E-state index contributed by atoms with van der Waals surface area (Å²) in [4.78, 5) is 16.5. The molecule has 10 heteroatoms. The predicted octanol–water partition coefficient (Wildman–Crippen LogP) is 3.62. The molecule has 0 saturated heterocycles. The Balaban J connectivity index is 1.67. The number of fused-ring (bicyclic) bond motifs is 1. The van der Waals surface area contributed by atoms with Crippen molar-refractivity contribution in [3.63, 3.8) is 0 Å². The SMILES string of the molecule is Cn1cnc2ccc(Nc3c(F)ccc(NS(=O)(=O)CC4CC4)c3Cl)cc2c1=O. The van der Waals surface area contributed by atoms with Crippen molar-refractivity contribution in [3.8, 4) is 0 Å². The predicted molar refractivity (Wildman–Crippen MR) is 112 cm³/mol. The van der Waals surface area contributed by atoms with Crippen molar-refractivity contribution in [1.82, 2.24) is 9.55 Å². The molecule has 2 aromatic carbocycles. The topological polar surface area (TPSA) is 93.1 Å². The number of rotatable bonds is 6. The summed E-state index contributed by atoms with van der Waals surface area (Å²) >= 11 is 6.29. The molecule has 1 aliphatic rings. The van der Waals surface area contributed by atoms with Crippen molar-refractivity contribution >= 4 is 49.6 Å². The van der Waals surface area contributed by atoms with Gasteiger partial charge >= 0.3 is 0 Å². The third-order valence-electron chi connectivity index (χ3n) is 4.70. The number of nitrogens with one attached hydrogen (secondary N) is 2. The van der Waals surface area contributed by atoms with Gasteiger partial charge in [0, 0.05) is 12.7 Å². The number of sulfonamides is 1. The third kappa shape index (κ3) is 4.20. The average molecular weight is 437 g/mol. The minimum atomic E-state index is -3.57. The molecule has 0 atom stereocenters.